The Morgan fingerprint density at radius 1 is 1.04 bits per heavy atom. The molecule has 0 fully saturated rings. The van der Waals surface area contributed by atoms with E-state index in [1.165, 1.54) is 6.07 Å². The molecular formula is C19H19BrClNO5. The number of hydrogen-bond acceptors (Lipinski definition) is 5. The van der Waals surface area contributed by atoms with Gasteiger partial charge in [-0.25, -0.2) is 4.79 Å². The first-order valence-corrected chi connectivity index (χ1v) is 9.43. The lowest BCUT2D eigenvalue weighted by Gasteiger charge is -2.12. The highest BCUT2D eigenvalue weighted by molar-refractivity contribution is 9.10. The van der Waals surface area contributed by atoms with Gasteiger partial charge in [-0.2, -0.15) is 0 Å². The number of hydrogen-bond donors (Lipinski definition) is 1. The summed E-state index contributed by atoms with van der Waals surface area (Å²) in [6.45, 7) is 4.15. The molecule has 0 spiro atoms. The zero-order valence-corrected chi connectivity index (χ0v) is 17.2. The Morgan fingerprint density at radius 3 is 2.41 bits per heavy atom. The Labute approximate surface area is 170 Å². The molecule has 0 unspecified atom stereocenters. The van der Waals surface area contributed by atoms with Gasteiger partial charge < -0.3 is 19.5 Å². The van der Waals surface area contributed by atoms with E-state index in [9.17, 15) is 9.59 Å². The molecule has 8 heteroatoms. The molecule has 144 valence electrons. The lowest BCUT2D eigenvalue weighted by Crippen LogP contribution is -2.21. The van der Waals surface area contributed by atoms with E-state index < -0.39 is 18.5 Å². The lowest BCUT2D eigenvalue weighted by molar-refractivity contribution is -0.119. The number of esters is 1. The minimum atomic E-state index is -0.643. The van der Waals surface area contributed by atoms with Crippen LogP contribution < -0.4 is 14.8 Å². The lowest BCUT2D eigenvalue weighted by atomic mass is 10.2. The van der Waals surface area contributed by atoms with Crippen molar-refractivity contribution in [1.29, 1.82) is 0 Å². The Balaban J connectivity index is 1.98. The maximum Gasteiger partial charge on any atom is 0.338 e. The zero-order chi connectivity index (χ0) is 19.8. The average molecular weight is 457 g/mol. The van der Waals surface area contributed by atoms with Gasteiger partial charge in [0.25, 0.3) is 5.91 Å². The number of amides is 1. The number of benzene rings is 2. The topological polar surface area (TPSA) is 73.9 Å². The van der Waals surface area contributed by atoms with E-state index in [4.69, 9.17) is 25.8 Å². The minimum absolute atomic E-state index is 0.261. The van der Waals surface area contributed by atoms with Gasteiger partial charge in [-0.05, 0) is 50.2 Å². The van der Waals surface area contributed by atoms with Crippen LogP contribution in [0.3, 0.4) is 0 Å². The van der Waals surface area contributed by atoms with Crippen LogP contribution in [0.5, 0.6) is 11.5 Å². The van der Waals surface area contributed by atoms with E-state index in [1.807, 2.05) is 13.8 Å². The highest BCUT2D eigenvalue weighted by Gasteiger charge is 2.15. The number of nitrogens with one attached hydrogen (secondary N) is 1. The van der Waals surface area contributed by atoms with Crippen molar-refractivity contribution in [2.24, 2.45) is 0 Å². The minimum Gasteiger partial charge on any atom is -0.490 e. The normalized spacial score (nSPS) is 10.2. The van der Waals surface area contributed by atoms with Gasteiger partial charge in [0.05, 0.1) is 29.5 Å². The predicted molar refractivity (Wildman–Crippen MR) is 107 cm³/mol. The summed E-state index contributed by atoms with van der Waals surface area (Å²) >= 11 is 9.33. The van der Waals surface area contributed by atoms with Crippen LogP contribution in [-0.2, 0) is 9.53 Å². The van der Waals surface area contributed by atoms with Gasteiger partial charge in [0.1, 0.15) is 0 Å². The van der Waals surface area contributed by atoms with Crippen LogP contribution in [0.15, 0.2) is 40.9 Å². The number of carbonyl (C=O) groups excluding carboxylic acids is 2. The molecule has 0 saturated heterocycles. The SMILES string of the molecule is CCOc1ccc(C(=O)OCC(=O)Nc2ccc(Br)cc2Cl)cc1OCC. The molecule has 2 aromatic rings. The van der Waals surface area contributed by atoms with Gasteiger partial charge in [0.15, 0.2) is 18.1 Å². The number of anilines is 1. The van der Waals surface area contributed by atoms with Crippen LogP contribution in [0.2, 0.25) is 5.02 Å². The fourth-order valence-electron chi connectivity index (χ4n) is 2.17. The quantitative estimate of drug-likeness (QED) is 0.583. The van der Waals surface area contributed by atoms with E-state index in [1.54, 1.807) is 30.3 Å². The highest BCUT2D eigenvalue weighted by Crippen LogP contribution is 2.29. The van der Waals surface area contributed by atoms with E-state index >= 15 is 0 Å². The molecule has 27 heavy (non-hydrogen) atoms. The first-order valence-electron chi connectivity index (χ1n) is 8.26. The molecule has 0 aliphatic rings. The van der Waals surface area contributed by atoms with E-state index in [0.717, 1.165) is 4.47 Å². The fraction of sp³-hybridized carbons (Fsp3) is 0.263. The van der Waals surface area contributed by atoms with Crippen molar-refractivity contribution in [3.05, 3.63) is 51.5 Å². The summed E-state index contributed by atoms with van der Waals surface area (Å²) in [5.74, 6) is -0.155. The maximum atomic E-state index is 12.2. The van der Waals surface area contributed by atoms with Crippen LogP contribution in [0, 0.1) is 0 Å². The fourth-order valence-corrected chi connectivity index (χ4v) is 2.89. The van der Waals surface area contributed by atoms with Gasteiger partial charge in [0, 0.05) is 4.47 Å². The van der Waals surface area contributed by atoms with Crippen LogP contribution in [0.25, 0.3) is 0 Å². The Hall–Kier alpha value is -2.25. The average Bonchev–Trinajstić information content (AvgIpc) is 2.64. The summed E-state index contributed by atoms with van der Waals surface area (Å²) in [5, 5.41) is 2.96. The van der Waals surface area contributed by atoms with Crippen LogP contribution in [0.1, 0.15) is 24.2 Å². The highest BCUT2D eigenvalue weighted by atomic mass is 79.9. The summed E-state index contributed by atoms with van der Waals surface area (Å²) in [7, 11) is 0. The molecule has 0 radical (unpaired) electrons. The smallest absolute Gasteiger partial charge is 0.338 e. The number of ether oxygens (including phenoxy) is 3. The molecule has 0 heterocycles. The van der Waals surface area contributed by atoms with Crippen molar-refractivity contribution in [3.8, 4) is 11.5 Å². The monoisotopic (exact) mass is 455 g/mol. The second-order valence-electron chi connectivity index (χ2n) is 5.28. The molecule has 1 N–H and O–H groups in total. The van der Waals surface area contributed by atoms with E-state index in [0.29, 0.717) is 35.4 Å². The predicted octanol–water partition coefficient (Wildman–Crippen LogP) is 4.70. The third kappa shape index (κ3) is 6.15. The molecule has 0 saturated carbocycles. The molecule has 0 bridgehead atoms. The zero-order valence-electron chi connectivity index (χ0n) is 14.9. The third-order valence-corrected chi connectivity index (χ3v) is 4.12. The standard InChI is InChI=1S/C19H19BrClNO5/c1-3-25-16-8-5-12(9-17(16)26-4-2)19(24)27-11-18(23)22-15-7-6-13(20)10-14(15)21/h5-10H,3-4,11H2,1-2H3,(H,22,23). The summed E-state index contributed by atoms with van der Waals surface area (Å²) in [6.07, 6.45) is 0. The second kappa shape index (κ2) is 10.2. The number of halogens is 2. The maximum absolute atomic E-state index is 12.2. The van der Waals surface area contributed by atoms with E-state index in [-0.39, 0.29) is 5.56 Å². The first-order chi connectivity index (χ1) is 12.9. The van der Waals surface area contributed by atoms with E-state index in [2.05, 4.69) is 21.2 Å². The largest absolute Gasteiger partial charge is 0.490 e. The van der Waals surface area contributed by atoms with Crippen LogP contribution in [-0.4, -0.2) is 31.7 Å². The summed E-state index contributed by atoms with van der Waals surface area (Å²) in [4.78, 5) is 24.2. The van der Waals surface area contributed by atoms with Gasteiger partial charge in [-0.3, -0.25) is 4.79 Å². The molecule has 0 aliphatic carbocycles. The summed E-state index contributed by atoms with van der Waals surface area (Å²) < 4.78 is 16.8. The van der Waals surface area contributed by atoms with Gasteiger partial charge in [-0.15, -0.1) is 0 Å². The molecule has 0 atom stereocenters. The molecule has 0 aromatic heterocycles. The number of carbonyl (C=O) groups is 2. The third-order valence-electron chi connectivity index (χ3n) is 3.32. The first kappa shape index (κ1) is 21.1. The molecule has 6 nitrogen and oxygen atoms in total. The second-order valence-corrected chi connectivity index (χ2v) is 6.60. The van der Waals surface area contributed by atoms with Gasteiger partial charge in [-0.1, -0.05) is 27.5 Å². The van der Waals surface area contributed by atoms with Gasteiger partial charge in [0.2, 0.25) is 0 Å². The van der Waals surface area contributed by atoms with Crippen LogP contribution in [0.4, 0.5) is 5.69 Å². The Morgan fingerprint density at radius 2 is 1.74 bits per heavy atom. The van der Waals surface area contributed by atoms with Crippen molar-refractivity contribution in [2.75, 3.05) is 25.1 Å². The summed E-state index contributed by atoms with van der Waals surface area (Å²) in [6, 6.07) is 9.75. The molecule has 2 rings (SSSR count). The molecule has 1 amide bonds. The van der Waals surface area contributed by atoms with Crippen LogP contribution >= 0.6 is 27.5 Å². The molecule has 0 aliphatic heterocycles. The summed E-state index contributed by atoms with van der Waals surface area (Å²) in [5.41, 5.74) is 0.692. The molecule has 2 aromatic carbocycles. The van der Waals surface area contributed by atoms with Crippen molar-refractivity contribution in [3.63, 3.8) is 0 Å². The van der Waals surface area contributed by atoms with Crippen molar-refractivity contribution in [1.82, 2.24) is 0 Å². The molecular weight excluding hydrogens is 438 g/mol. The Bertz CT molecular complexity index is 828. The van der Waals surface area contributed by atoms with Gasteiger partial charge >= 0.3 is 5.97 Å². The Kier molecular flexibility index (Phi) is 7.94. The van der Waals surface area contributed by atoms with Crippen molar-refractivity contribution >= 4 is 45.1 Å². The number of rotatable bonds is 8. The van der Waals surface area contributed by atoms with Crippen molar-refractivity contribution in [2.45, 2.75) is 13.8 Å². The van der Waals surface area contributed by atoms with Crippen molar-refractivity contribution < 1.29 is 23.8 Å².